The highest BCUT2D eigenvalue weighted by atomic mass is 16.7. The maximum Gasteiger partial charge on any atom is 0.338 e. The van der Waals surface area contributed by atoms with E-state index in [9.17, 15) is 24.8 Å². The third-order valence-electron chi connectivity index (χ3n) is 13.2. The minimum atomic E-state index is -0.729. The number of carbonyl (C=O) groups excluding carboxylic acids is 3. The Hall–Kier alpha value is -3.27. The maximum atomic E-state index is 13.2. The Balaban J connectivity index is 0.000000342. The van der Waals surface area contributed by atoms with Gasteiger partial charge in [-0.3, -0.25) is 14.4 Å². The Labute approximate surface area is 391 Å². The largest absolute Gasteiger partial charge is 0.462 e. The monoisotopic (exact) mass is 912 g/mol. The van der Waals surface area contributed by atoms with Crippen molar-refractivity contribution in [3.05, 3.63) is 71.3 Å². The van der Waals surface area contributed by atoms with Crippen LogP contribution in [0.15, 0.2) is 54.6 Å². The fourth-order valence-corrected chi connectivity index (χ4v) is 10.7. The number of esters is 2. The molecule has 65 heavy (non-hydrogen) atoms. The van der Waals surface area contributed by atoms with E-state index in [4.69, 9.17) is 23.8 Å². The van der Waals surface area contributed by atoms with Crippen molar-refractivity contribution in [1.82, 2.24) is 15.2 Å². The zero-order chi connectivity index (χ0) is 47.0. The van der Waals surface area contributed by atoms with Crippen molar-refractivity contribution >= 4 is 17.7 Å². The van der Waals surface area contributed by atoms with Crippen molar-refractivity contribution in [2.75, 3.05) is 19.8 Å². The molecule has 0 aliphatic carbocycles. The van der Waals surface area contributed by atoms with Crippen LogP contribution in [-0.2, 0) is 40.0 Å². The molecule has 4 heterocycles. The van der Waals surface area contributed by atoms with E-state index in [2.05, 4.69) is 27.7 Å². The van der Waals surface area contributed by atoms with Crippen LogP contribution in [0, 0.1) is 18.3 Å². The first-order valence-corrected chi connectivity index (χ1v) is 22.6. The average molecular weight is 912 g/mol. The van der Waals surface area contributed by atoms with Crippen molar-refractivity contribution in [3.8, 4) is 0 Å². The van der Waals surface area contributed by atoms with Crippen molar-refractivity contribution in [2.45, 2.75) is 208 Å². The zero-order valence-corrected chi connectivity index (χ0v) is 40.6. The molecule has 4 aliphatic heterocycles. The van der Waals surface area contributed by atoms with Gasteiger partial charge < -0.3 is 29.4 Å². The Morgan fingerprint density at radius 2 is 1.14 bits per heavy atom. The molecule has 0 bridgehead atoms. The molecule has 2 N–H and O–H groups in total. The van der Waals surface area contributed by atoms with Crippen molar-refractivity contribution < 1.29 is 48.6 Å². The molecule has 2 aromatic rings. The minimum Gasteiger partial charge on any atom is -0.462 e. The zero-order valence-electron chi connectivity index (χ0n) is 40.6. The number of ether oxygens (including phenoxy) is 4. The van der Waals surface area contributed by atoms with Gasteiger partial charge in [-0.1, -0.05) is 69.8 Å². The van der Waals surface area contributed by atoms with Crippen LogP contribution in [0.5, 0.6) is 0 Å². The molecule has 1 spiro atoms. The summed E-state index contributed by atoms with van der Waals surface area (Å²) in [7, 11) is 0. The molecule has 2 aromatic carbocycles. The van der Waals surface area contributed by atoms with Crippen LogP contribution in [-0.4, -0.2) is 108 Å². The van der Waals surface area contributed by atoms with Crippen LogP contribution in [0.4, 0.5) is 0 Å². The molecular weight excluding hydrogens is 827 g/mol. The molecular formula is C52H85N3O10. The summed E-state index contributed by atoms with van der Waals surface area (Å²) in [6, 6.07) is 17.4. The van der Waals surface area contributed by atoms with Gasteiger partial charge in [0.15, 0.2) is 5.79 Å². The summed E-state index contributed by atoms with van der Waals surface area (Å²) < 4.78 is 23.8. The van der Waals surface area contributed by atoms with E-state index in [1.54, 1.807) is 12.1 Å². The van der Waals surface area contributed by atoms with Crippen LogP contribution in [0.3, 0.4) is 0 Å². The van der Waals surface area contributed by atoms with E-state index in [1.807, 2.05) is 117 Å². The van der Waals surface area contributed by atoms with E-state index in [-0.39, 0.29) is 62.7 Å². The quantitative estimate of drug-likeness (QED) is 0.172. The van der Waals surface area contributed by atoms with Crippen molar-refractivity contribution in [3.63, 3.8) is 0 Å². The van der Waals surface area contributed by atoms with Gasteiger partial charge in [-0.15, -0.1) is 0 Å². The Kier molecular flexibility index (Phi) is 17.7. The Bertz CT molecular complexity index is 1840. The van der Waals surface area contributed by atoms with Gasteiger partial charge in [0.05, 0.1) is 25.4 Å². The molecule has 0 aromatic heterocycles. The first-order valence-electron chi connectivity index (χ1n) is 22.6. The number of hydrogen-bond acceptors (Lipinski definition) is 13. The Morgan fingerprint density at radius 1 is 0.662 bits per heavy atom. The van der Waals surface area contributed by atoms with Crippen molar-refractivity contribution in [2.24, 2.45) is 11.3 Å². The number of nitrogens with zero attached hydrogens (tertiary/aromatic N) is 3. The molecule has 6 rings (SSSR count). The normalized spacial score (nSPS) is 24.2. The summed E-state index contributed by atoms with van der Waals surface area (Å²) in [5, 5.41) is 25.8. The van der Waals surface area contributed by atoms with Gasteiger partial charge in [0.25, 0.3) is 0 Å². The van der Waals surface area contributed by atoms with E-state index < -0.39 is 39.3 Å². The summed E-state index contributed by atoms with van der Waals surface area (Å²) in [4.78, 5) is 44.5. The molecule has 4 fully saturated rings. The van der Waals surface area contributed by atoms with E-state index in [1.165, 1.54) is 10.1 Å². The predicted molar refractivity (Wildman–Crippen MR) is 253 cm³/mol. The van der Waals surface area contributed by atoms with Crippen LogP contribution in [0.1, 0.15) is 171 Å². The summed E-state index contributed by atoms with van der Waals surface area (Å²) in [6.45, 7) is 29.6. The van der Waals surface area contributed by atoms with E-state index in [0.29, 0.717) is 63.9 Å². The average Bonchev–Trinajstić information content (AvgIpc) is 3.16. The highest BCUT2D eigenvalue weighted by molar-refractivity contribution is 5.97. The third-order valence-corrected chi connectivity index (χ3v) is 13.2. The maximum absolute atomic E-state index is 13.2. The lowest BCUT2D eigenvalue weighted by atomic mass is 9.73. The molecule has 368 valence electrons. The van der Waals surface area contributed by atoms with Gasteiger partial charge in [-0.2, -0.15) is 15.2 Å². The number of ketones is 1. The number of Topliss-reactive ketones (excluding diaryl/α,β-unsaturated/α-hetero) is 1. The van der Waals surface area contributed by atoms with Gasteiger partial charge in [0, 0.05) is 70.2 Å². The molecule has 4 saturated heterocycles. The van der Waals surface area contributed by atoms with Gasteiger partial charge in [-0.05, 0) is 121 Å². The molecule has 0 amide bonds. The standard InChI is InChI=1S/C28H44N2O5.C22H33NO5.2CH4/c1-25(2)17-22(18-26(3,4)29(25)33)35-24(32)14-23(31)21-15-27(5,6)30(28(7,8)16-21)34-19-20-12-10-9-11-13-20;1-16-7-9-17(10-8-16)18(24)26-13-21(6)14-27-22(28-15-21)11-19(2,3)23(25)20(4,5)12-22;;/h9-13,21-22,33H,14-19H2,1-8H3;7-10,25H,11-15H2,1-6H3;2*1H4. The summed E-state index contributed by atoms with van der Waals surface area (Å²) in [5.74, 6) is -1.85. The number of carbonyl (C=O) groups is 3. The number of piperidine rings is 3. The highest BCUT2D eigenvalue weighted by Gasteiger charge is 2.57. The second kappa shape index (κ2) is 20.5. The van der Waals surface area contributed by atoms with Crippen LogP contribution < -0.4 is 0 Å². The van der Waals surface area contributed by atoms with Crippen LogP contribution >= 0.6 is 0 Å². The van der Waals surface area contributed by atoms with E-state index >= 15 is 0 Å². The van der Waals surface area contributed by atoms with Gasteiger partial charge >= 0.3 is 11.9 Å². The number of benzene rings is 2. The molecule has 0 radical (unpaired) electrons. The van der Waals surface area contributed by atoms with Crippen LogP contribution in [0.25, 0.3) is 0 Å². The topological polar surface area (TPSA) is 148 Å². The molecule has 0 atom stereocenters. The number of hydrogen-bond donors (Lipinski definition) is 2. The molecule has 0 unspecified atom stereocenters. The highest BCUT2D eigenvalue weighted by Crippen LogP contribution is 2.48. The van der Waals surface area contributed by atoms with Gasteiger partial charge in [-0.25, -0.2) is 4.79 Å². The SMILES string of the molecule is C.C.CC1(C)CC(OC(=O)CC(=O)C2CC(C)(C)N(OCc3ccccc3)C(C)(C)C2)CC(C)(C)N1O.Cc1ccc(C(=O)OCC2(C)COC3(CC(C)(C)N(O)C(C)(C)C3)OC2)cc1. The number of aryl methyl sites for hydroxylation is 1. The summed E-state index contributed by atoms with van der Waals surface area (Å²) in [5.41, 5.74) is -0.375. The van der Waals surface area contributed by atoms with Crippen molar-refractivity contribution in [1.29, 1.82) is 0 Å². The molecule has 0 saturated carbocycles. The van der Waals surface area contributed by atoms with E-state index in [0.717, 1.165) is 11.1 Å². The minimum absolute atomic E-state index is 0. The molecule has 13 nitrogen and oxygen atoms in total. The first-order chi connectivity index (χ1) is 28.9. The van der Waals surface area contributed by atoms with Gasteiger partial charge in [0.1, 0.15) is 24.9 Å². The lowest BCUT2D eigenvalue weighted by Gasteiger charge is -2.58. The number of hydroxylamine groups is 6. The van der Waals surface area contributed by atoms with Gasteiger partial charge in [0.2, 0.25) is 0 Å². The number of rotatable bonds is 10. The summed E-state index contributed by atoms with van der Waals surface area (Å²) >= 11 is 0. The predicted octanol–water partition coefficient (Wildman–Crippen LogP) is 10.5. The fraction of sp³-hybridized carbons (Fsp3) is 0.712. The summed E-state index contributed by atoms with van der Waals surface area (Å²) in [6.07, 6.45) is 2.85. The third kappa shape index (κ3) is 13.7. The lowest BCUT2D eigenvalue weighted by Crippen LogP contribution is -2.67. The molecule has 13 heteroatoms. The second-order valence-electron chi connectivity index (χ2n) is 22.9. The lowest BCUT2D eigenvalue weighted by molar-refractivity contribution is -0.373. The fourth-order valence-electron chi connectivity index (χ4n) is 10.7. The first kappa shape index (κ1) is 56.1. The Morgan fingerprint density at radius 3 is 1.63 bits per heavy atom. The van der Waals surface area contributed by atoms with Crippen LogP contribution in [0.2, 0.25) is 0 Å². The smallest absolute Gasteiger partial charge is 0.338 e. The second-order valence-corrected chi connectivity index (χ2v) is 22.9. The molecule has 4 aliphatic rings.